The topological polar surface area (TPSA) is 38.0 Å². The largest absolute Gasteiger partial charge is 0.392 e. The molecule has 2 atom stereocenters. The maximum absolute atomic E-state index is 10.1. The van der Waals surface area contributed by atoms with E-state index in [4.69, 9.17) is 11.6 Å². The van der Waals surface area contributed by atoms with Crippen LogP contribution in [0.4, 0.5) is 0 Å². The van der Waals surface area contributed by atoms with Gasteiger partial charge in [-0.1, -0.05) is 11.6 Å². The monoisotopic (exact) mass is 260 g/mol. The van der Waals surface area contributed by atoms with Gasteiger partial charge in [0.2, 0.25) is 0 Å². The average molecular weight is 261 g/mol. The van der Waals surface area contributed by atoms with E-state index in [-0.39, 0.29) is 6.10 Å². The van der Waals surface area contributed by atoms with Crippen molar-refractivity contribution in [2.45, 2.75) is 37.5 Å². The summed E-state index contributed by atoms with van der Waals surface area (Å²) in [6.07, 6.45) is 2.65. The van der Waals surface area contributed by atoms with E-state index in [1.807, 2.05) is 25.7 Å². The minimum absolute atomic E-state index is 0.298. The molecule has 1 aromatic rings. The van der Waals surface area contributed by atoms with Gasteiger partial charge in [-0.2, -0.15) is 16.9 Å². The van der Waals surface area contributed by atoms with Crippen molar-refractivity contribution < 1.29 is 5.11 Å². The first-order chi connectivity index (χ1) is 7.59. The lowest BCUT2D eigenvalue weighted by Gasteiger charge is -2.16. The third kappa shape index (κ3) is 2.39. The molecule has 90 valence electrons. The number of aryl methyl sites for hydroxylation is 2. The fourth-order valence-corrected chi connectivity index (χ4v) is 3.69. The van der Waals surface area contributed by atoms with Gasteiger partial charge in [-0.15, -0.1) is 0 Å². The van der Waals surface area contributed by atoms with Crippen LogP contribution in [0.15, 0.2) is 0 Å². The molecule has 5 heteroatoms. The molecule has 0 aliphatic carbocycles. The van der Waals surface area contributed by atoms with Crippen molar-refractivity contribution in [3.05, 3.63) is 16.4 Å². The van der Waals surface area contributed by atoms with Gasteiger partial charge in [0.1, 0.15) is 5.15 Å². The van der Waals surface area contributed by atoms with Gasteiger partial charge >= 0.3 is 0 Å². The predicted molar refractivity (Wildman–Crippen MR) is 68.1 cm³/mol. The van der Waals surface area contributed by atoms with Crippen molar-refractivity contribution in [3.63, 3.8) is 0 Å². The number of thioether (sulfide) groups is 1. The van der Waals surface area contributed by atoms with Gasteiger partial charge in [-0.25, -0.2) is 0 Å². The quantitative estimate of drug-likeness (QED) is 0.905. The normalized spacial score (nSPS) is 22.6. The molecular formula is C11H17ClN2OS. The van der Waals surface area contributed by atoms with E-state index in [9.17, 15) is 5.11 Å². The molecular weight excluding hydrogens is 244 g/mol. The smallest absolute Gasteiger partial charge is 0.130 e. The Morgan fingerprint density at radius 2 is 2.44 bits per heavy atom. The second-order valence-corrected chi connectivity index (χ2v) is 6.01. The molecule has 1 N–H and O–H groups in total. The zero-order valence-corrected chi connectivity index (χ0v) is 11.2. The van der Waals surface area contributed by atoms with Crippen molar-refractivity contribution in [1.82, 2.24) is 9.78 Å². The van der Waals surface area contributed by atoms with Crippen molar-refractivity contribution in [1.29, 1.82) is 0 Å². The molecule has 16 heavy (non-hydrogen) atoms. The zero-order chi connectivity index (χ0) is 11.7. The van der Waals surface area contributed by atoms with E-state index >= 15 is 0 Å². The summed E-state index contributed by atoms with van der Waals surface area (Å²) in [5.41, 5.74) is 1.92. The number of nitrogens with zero attached hydrogens (tertiary/aromatic N) is 2. The zero-order valence-electron chi connectivity index (χ0n) is 9.61. The lowest BCUT2D eigenvalue weighted by molar-refractivity contribution is 0.170. The molecule has 0 amide bonds. The Morgan fingerprint density at radius 1 is 1.69 bits per heavy atom. The maximum Gasteiger partial charge on any atom is 0.130 e. The number of aromatic nitrogens is 2. The van der Waals surface area contributed by atoms with Crippen LogP contribution in [0, 0.1) is 6.92 Å². The molecule has 0 spiro atoms. The van der Waals surface area contributed by atoms with E-state index in [1.165, 1.54) is 12.2 Å². The second kappa shape index (κ2) is 4.98. The van der Waals surface area contributed by atoms with Crippen LogP contribution < -0.4 is 0 Å². The van der Waals surface area contributed by atoms with E-state index in [0.717, 1.165) is 17.7 Å². The van der Waals surface area contributed by atoms with Crippen molar-refractivity contribution in [2.75, 3.05) is 5.75 Å². The summed E-state index contributed by atoms with van der Waals surface area (Å²) in [6, 6.07) is 0. The number of rotatable bonds is 3. The summed E-state index contributed by atoms with van der Waals surface area (Å²) in [6.45, 7) is 1.94. The Hall–Kier alpha value is -0.190. The number of aliphatic hydroxyl groups is 1. The van der Waals surface area contributed by atoms with Crippen LogP contribution in [0.2, 0.25) is 5.15 Å². The molecule has 0 aromatic carbocycles. The summed E-state index contributed by atoms with van der Waals surface area (Å²) in [4.78, 5) is 0. The molecule has 2 unspecified atom stereocenters. The molecule has 1 aliphatic heterocycles. The SMILES string of the molecule is Cc1nn(C)c(Cl)c1CC(O)C1CCCS1. The van der Waals surface area contributed by atoms with E-state index < -0.39 is 0 Å². The molecule has 1 saturated heterocycles. The molecule has 3 nitrogen and oxygen atoms in total. The minimum Gasteiger partial charge on any atom is -0.392 e. The van der Waals surface area contributed by atoms with Crippen LogP contribution in [-0.2, 0) is 13.5 Å². The summed E-state index contributed by atoms with van der Waals surface area (Å²) >= 11 is 8.02. The lowest BCUT2D eigenvalue weighted by Crippen LogP contribution is -2.23. The number of hydrogen-bond donors (Lipinski definition) is 1. The summed E-state index contributed by atoms with van der Waals surface area (Å²) in [7, 11) is 1.83. The highest BCUT2D eigenvalue weighted by atomic mass is 35.5. The fraction of sp³-hybridized carbons (Fsp3) is 0.727. The van der Waals surface area contributed by atoms with Gasteiger partial charge < -0.3 is 5.11 Å². The van der Waals surface area contributed by atoms with Gasteiger partial charge in [0.05, 0.1) is 11.8 Å². The van der Waals surface area contributed by atoms with Crippen LogP contribution in [0.25, 0.3) is 0 Å². The Labute approximate surface area is 105 Å². The van der Waals surface area contributed by atoms with Crippen molar-refractivity contribution in [3.8, 4) is 0 Å². The number of aliphatic hydroxyl groups excluding tert-OH is 1. The molecule has 2 heterocycles. The highest BCUT2D eigenvalue weighted by Gasteiger charge is 2.26. The Balaban J connectivity index is 2.07. The van der Waals surface area contributed by atoms with Gasteiger partial charge in [0.15, 0.2) is 0 Å². The van der Waals surface area contributed by atoms with E-state index in [1.54, 1.807) is 4.68 Å². The highest BCUT2D eigenvalue weighted by Crippen LogP contribution is 2.31. The van der Waals surface area contributed by atoms with Crippen molar-refractivity contribution >= 4 is 23.4 Å². The van der Waals surface area contributed by atoms with Crippen LogP contribution >= 0.6 is 23.4 Å². The standard InChI is InChI=1S/C11H17ClN2OS/c1-7-8(11(12)14(2)13-7)6-9(15)10-4-3-5-16-10/h9-10,15H,3-6H2,1-2H3. The van der Waals surface area contributed by atoms with Gasteiger partial charge in [0.25, 0.3) is 0 Å². The lowest BCUT2D eigenvalue weighted by atomic mass is 10.0. The summed E-state index contributed by atoms with van der Waals surface area (Å²) in [5.74, 6) is 1.17. The third-order valence-corrected chi connectivity index (χ3v) is 5.05. The van der Waals surface area contributed by atoms with Gasteiger partial charge in [-0.3, -0.25) is 4.68 Å². The predicted octanol–water partition coefficient (Wildman–Crippen LogP) is 2.18. The van der Waals surface area contributed by atoms with Crippen LogP contribution in [0.3, 0.4) is 0 Å². The molecule has 1 fully saturated rings. The first kappa shape index (κ1) is 12.3. The molecule has 1 aromatic heterocycles. The van der Waals surface area contributed by atoms with Crippen LogP contribution in [0.1, 0.15) is 24.1 Å². The third-order valence-electron chi connectivity index (χ3n) is 3.08. The fourth-order valence-electron chi connectivity index (χ4n) is 2.15. The van der Waals surface area contributed by atoms with E-state index in [0.29, 0.717) is 16.8 Å². The average Bonchev–Trinajstić information content (AvgIpc) is 2.83. The van der Waals surface area contributed by atoms with E-state index in [2.05, 4.69) is 5.10 Å². The Bertz CT molecular complexity index is 374. The first-order valence-corrected chi connectivity index (χ1v) is 7.00. The molecule has 2 rings (SSSR count). The number of halogens is 1. The minimum atomic E-state index is -0.298. The number of hydrogen-bond acceptors (Lipinski definition) is 3. The first-order valence-electron chi connectivity index (χ1n) is 5.57. The molecule has 1 aliphatic rings. The Kier molecular flexibility index (Phi) is 3.82. The summed E-state index contributed by atoms with van der Waals surface area (Å²) < 4.78 is 1.67. The molecule has 0 radical (unpaired) electrons. The Morgan fingerprint density at radius 3 is 2.94 bits per heavy atom. The molecule has 0 bridgehead atoms. The summed E-state index contributed by atoms with van der Waals surface area (Å²) in [5, 5.41) is 15.4. The van der Waals surface area contributed by atoms with Crippen molar-refractivity contribution in [2.24, 2.45) is 7.05 Å². The van der Waals surface area contributed by atoms with Gasteiger partial charge in [-0.05, 0) is 25.5 Å². The molecule has 0 saturated carbocycles. The van der Waals surface area contributed by atoms with Gasteiger partial charge in [0, 0.05) is 24.3 Å². The highest BCUT2D eigenvalue weighted by molar-refractivity contribution is 8.00. The van der Waals surface area contributed by atoms with Crippen LogP contribution in [0.5, 0.6) is 0 Å². The van der Waals surface area contributed by atoms with Crippen LogP contribution in [-0.4, -0.2) is 32.0 Å². The maximum atomic E-state index is 10.1. The second-order valence-electron chi connectivity index (χ2n) is 4.30.